The molecule has 1 N–H and O–H groups in total. The highest BCUT2D eigenvalue weighted by molar-refractivity contribution is 5.88. The van der Waals surface area contributed by atoms with E-state index in [1.54, 1.807) is 4.90 Å². The van der Waals surface area contributed by atoms with Crippen LogP contribution in [0.1, 0.15) is 58.9 Å². The maximum absolute atomic E-state index is 13.1. The van der Waals surface area contributed by atoms with Gasteiger partial charge in [0.1, 0.15) is 5.60 Å². The van der Waals surface area contributed by atoms with Crippen LogP contribution in [0.25, 0.3) is 0 Å². The second-order valence-electron chi connectivity index (χ2n) is 8.02. The molecular formula is C21H32N2O3. The van der Waals surface area contributed by atoms with E-state index in [9.17, 15) is 9.59 Å². The molecule has 5 heteroatoms. The zero-order valence-corrected chi connectivity index (χ0v) is 16.5. The molecule has 1 saturated heterocycles. The van der Waals surface area contributed by atoms with E-state index in [1.165, 1.54) is 0 Å². The molecule has 0 atom stereocenters. The van der Waals surface area contributed by atoms with Gasteiger partial charge in [0.25, 0.3) is 0 Å². The number of hydrogen-bond acceptors (Lipinski definition) is 3. The fourth-order valence-corrected chi connectivity index (χ4v) is 3.35. The van der Waals surface area contributed by atoms with E-state index >= 15 is 0 Å². The topological polar surface area (TPSA) is 58.6 Å². The van der Waals surface area contributed by atoms with E-state index in [0.29, 0.717) is 32.5 Å². The number of carbonyl (C=O) groups is 2. The van der Waals surface area contributed by atoms with Crippen LogP contribution >= 0.6 is 0 Å². The summed E-state index contributed by atoms with van der Waals surface area (Å²) >= 11 is 0. The van der Waals surface area contributed by atoms with Gasteiger partial charge in [0.05, 0.1) is 5.41 Å². The van der Waals surface area contributed by atoms with Gasteiger partial charge in [-0.2, -0.15) is 0 Å². The first kappa shape index (κ1) is 20.3. The summed E-state index contributed by atoms with van der Waals surface area (Å²) < 4.78 is 5.48. The van der Waals surface area contributed by atoms with Crippen molar-refractivity contribution < 1.29 is 14.3 Å². The summed E-state index contributed by atoms with van der Waals surface area (Å²) in [6.07, 6.45) is 2.93. The predicted octanol–water partition coefficient (Wildman–Crippen LogP) is 3.87. The van der Waals surface area contributed by atoms with Gasteiger partial charge in [-0.15, -0.1) is 0 Å². The van der Waals surface area contributed by atoms with Gasteiger partial charge < -0.3 is 15.0 Å². The first-order valence-electron chi connectivity index (χ1n) is 9.60. The van der Waals surface area contributed by atoms with Crippen LogP contribution in [0.2, 0.25) is 0 Å². The monoisotopic (exact) mass is 360 g/mol. The summed E-state index contributed by atoms with van der Waals surface area (Å²) in [6, 6.07) is 9.93. The molecule has 144 valence electrons. The zero-order valence-electron chi connectivity index (χ0n) is 16.5. The molecule has 1 heterocycles. The molecule has 1 fully saturated rings. The van der Waals surface area contributed by atoms with Crippen molar-refractivity contribution in [1.82, 2.24) is 10.2 Å². The van der Waals surface area contributed by atoms with Crippen molar-refractivity contribution in [2.24, 2.45) is 0 Å². The van der Waals surface area contributed by atoms with Crippen molar-refractivity contribution in [3.05, 3.63) is 35.9 Å². The van der Waals surface area contributed by atoms with Gasteiger partial charge in [0.2, 0.25) is 5.91 Å². The number of unbranched alkanes of at least 4 members (excludes halogenated alkanes) is 1. The maximum Gasteiger partial charge on any atom is 0.410 e. The number of rotatable bonds is 5. The second-order valence-corrected chi connectivity index (χ2v) is 8.02. The Balaban J connectivity index is 2.13. The third kappa shape index (κ3) is 4.99. The number of hydrogen-bond donors (Lipinski definition) is 1. The molecule has 0 spiro atoms. The minimum absolute atomic E-state index is 0.0704. The predicted molar refractivity (Wildman–Crippen MR) is 103 cm³/mol. The van der Waals surface area contributed by atoms with Gasteiger partial charge in [-0.05, 0) is 45.6 Å². The first-order valence-corrected chi connectivity index (χ1v) is 9.60. The summed E-state index contributed by atoms with van der Waals surface area (Å²) in [5.41, 5.74) is -0.0614. The Morgan fingerprint density at radius 3 is 2.31 bits per heavy atom. The highest BCUT2D eigenvalue weighted by atomic mass is 16.6. The minimum atomic E-state index is -0.576. The van der Waals surface area contributed by atoms with Crippen LogP contribution in [-0.4, -0.2) is 42.1 Å². The van der Waals surface area contributed by atoms with E-state index in [-0.39, 0.29) is 12.0 Å². The number of likely N-dealkylation sites (tertiary alicyclic amines) is 1. The summed E-state index contributed by atoms with van der Waals surface area (Å²) in [6.45, 7) is 9.44. The van der Waals surface area contributed by atoms with Crippen molar-refractivity contribution in [2.45, 2.75) is 64.4 Å². The fraction of sp³-hybridized carbons (Fsp3) is 0.619. The van der Waals surface area contributed by atoms with Crippen LogP contribution in [-0.2, 0) is 14.9 Å². The smallest absolute Gasteiger partial charge is 0.410 e. The molecule has 0 radical (unpaired) electrons. The Kier molecular flexibility index (Phi) is 6.68. The molecule has 1 aromatic rings. The number of benzene rings is 1. The van der Waals surface area contributed by atoms with Crippen molar-refractivity contribution in [3.8, 4) is 0 Å². The number of piperidine rings is 1. The molecule has 0 saturated carbocycles. The molecule has 2 amide bonds. The van der Waals surface area contributed by atoms with Gasteiger partial charge in [0, 0.05) is 19.6 Å². The van der Waals surface area contributed by atoms with Gasteiger partial charge in [-0.1, -0.05) is 43.7 Å². The van der Waals surface area contributed by atoms with Crippen molar-refractivity contribution in [2.75, 3.05) is 19.6 Å². The van der Waals surface area contributed by atoms with Gasteiger partial charge in [-0.25, -0.2) is 4.79 Å². The molecular weight excluding hydrogens is 328 g/mol. The Labute approximate surface area is 157 Å². The van der Waals surface area contributed by atoms with Gasteiger partial charge in [0.15, 0.2) is 0 Å². The summed E-state index contributed by atoms with van der Waals surface area (Å²) in [7, 11) is 0. The molecule has 2 rings (SSSR count). The van der Waals surface area contributed by atoms with Crippen LogP contribution < -0.4 is 5.32 Å². The van der Waals surface area contributed by atoms with Crippen molar-refractivity contribution in [3.63, 3.8) is 0 Å². The third-order valence-electron chi connectivity index (χ3n) is 4.85. The molecule has 0 aliphatic carbocycles. The largest absolute Gasteiger partial charge is 0.444 e. The second kappa shape index (κ2) is 8.56. The van der Waals surface area contributed by atoms with E-state index in [0.717, 1.165) is 18.4 Å². The first-order chi connectivity index (χ1) is 12.3. The van der Waals surface area contributed by atoms with E-state index in [1.807, 2.05) is 51.1 Å². The van der Waals surface area contributed by atoms with Gasteiger partial charge in [-0.3, -0.25) is 4.79 Å². The highest BCUT2D eigenvalue weighted by Gasteiger charge is 2.44. The normalized spacial score (nSPS) is 16.8. The van der Waals surface area contributed by atoms with E-state index in [4.69, 9.17) is 4.74 Å². The molecule has 1 aromatic carbocycles. The van der Waals surface area contributed by atoms with Crippen LogP contribution in [0.3, 0.4) is 0 Å². The Bertz CT molecular complexity index is 599. The lowest BCUT2D eigenvalue weighted by Gasteiger charge is -2.41. The molecule has 5 nitrogen and oxygen atoms in total. The van der Waals surface area contributed by atoms with Crippen LogP contribution in [0, 0.1) is 0 Å². The van der Waals surface area contributed by atoms with Crippen LogP contribution in [0.5, 0.6) is 0 Å². The molecule has 26 heavy (non-hydrogen) atoms. The molecule has 1 aliphatic rings. The average Bonchev–Trinajstić information content (AvgIpc) is 2.61. The number of carbonyl (C=O) groups excluding carboxylic acids is 2. The lowest BCUT2D eigenvalue weighted by atomic mass is 9.72. The van der Waals surface area contributed by atoms with E-state index in [2.05, 4.69) is 12.2 Å². The molecule has 1 aliphatic heterocycles. The Morgan fingerprint density at radius 1 is 1.15 bits per heavy atom. The summed E-state index contributed by atoms with van der Waals surface area (Å²) in [5, 5.41) is 3.10. The van der Waals surface area contributed by atoms with Crippen molar-refractivity contribution in [1.29, 1.82) is 0 Å². The Morgan fingerprint density at radius 2 is 1.77 bits per heavy atom. The number of nitrogens with one attached hydrogen (secondary N) is 1. The standard InChI is InChI=1S/C21H32N2O3/c1-5-6-14-22-18(24)21(17-10-8-7-9-11-17)12-15-23(16-13-21)19(25)26-20(2,3)4/h7-11H,5-6,12-16H2,1-4H3,(H,22,24). The highest BCUT2D eigenvalue weighted by Crippen LogP contribution is 2.36. The third-order valence-corrected chi connectivity index (χ3v) is 4.85. The maximum atomic E-state index is 13.1. The number of amides is 2. The Hall–Kier alpha value is -2.04. The molecule has 0 bridgehead atoms. The SMILES string of the molecule is CCCCNC(=O)C1(c2ccccc2)CCN(C(=O)OC(C)(C)C)CC1. The summed E-state index contributed by atoms with van der Waals surface area (Å²) in [5.74, 6) is 0.0704. The summed E-state index contributed by atoms with van der Waals surface area (Å²) in [4.78, 5) is 27.1. The molecule has 0 unspecified atom stereocenters. The van der Waals surface area contributed by atoms with E-state index < -0.39 is 11.0 Å². The lowest BCUT2D eigenvalue weighted by Crippen LogP contribution is -2.53. The number of nitrogens with zero attached hydrogens (tertiary/aromatic N) is 1. The number of ether oxygens (including phenoxy) is 1. The van der Waals surface area contributed by atoms with Crippen molar-refractivity contribution >= 4 is 12.0 Å². The quantitative estimate of drug-likeness (QED) is 0.811. The zero-order chi connectivity index (χ0) is 19.2. The van der Waals surface area contributed by atoms with Crippen LogP contribution in [0.15, 0.2) is 30.3 Å². The van der Waals surface area contributed by atoms with Gasteiger partial charge >= 0.3 is 6.09 Å². The lowest BCUT2D eigenvalue weighted by molar-refractivity contribution is -0.128. The van der Waals surface area contributed by atoms with Crippen LogP contribution in [0.4, 0.5) is 4.79 Å². The fourth-order valence-electron chi connectivity index (χ4n) is 3.35. The average molecular weight is 360 g/mol. The molecule has 0 aromatic heterocycles. The minimum Gasteiger partial charge on any atom is -0.444 e.